The number of nitrogens with zero attached hydrogens (tertiary/aromatic N) is 6. The smallest absolute Gasteiger partial charge is 0.303 e. The maximum absolute atomic E-state index is 10.4. The van der Waals surface area contributed by atoms with Gasteiger partial charge in [-0.1, -0.05) is 5.21 Å². The molecule has 0 amide bonds. The first-order valence-electron chi connectivity index (χ1n) is 5.09. The number of carboxylic acid groups (broad SMARTS) is 1. The second kappa shape index (κ2) is 4.73. The molecular formula is C9H12N6O2. The number of aromatic nitrogens is 6. The molecule has 0 aromatic carbocycles. The van der Waals surface area contributed by atoms with Gasteiger partial charge in [0.15, 0.2) is 5.82 Å². The van der Waals surface area contributed by atoms with Gasteiger partial charge in [0, 0.05) is 19.7 Å². The van der Waals surface area contributed by atoms with E-state index in [9.17, 15) is 4.79 Å². The van der Waals surface area contributed by atoms with Crippen LogP contribution in [-0.2, 0) is 24.8 Å². The van der Waals surface area contributed by atoms with Gasteiger partial charge >= 0.3 is 5.97 Å². The molecule has 0 spiro atoms. The number of rotatable bonds is 5. The van der Waals surface area contributed by atoms with Gasteiger partial charge in [-0.05, 0) is 0 Å². The summed E-state index contributed by atoms with van der Waals surface area (Å²) < 4.78 is 3.40. The van der Waals surface area contributed by atoms with E-state index >= 15 is 0 Å². The first-order valence-corrected chi connectivity index (χ1v) is 5.09. The minimum atomic E-state index is -0.840. The van der Waals surface area contributed by atoms with Crippen molar-refractivity contribution in [3.8, 4) is 0 Å². The normalized spacial score (nSPS) is 10.6. The highest BCUT2D eigenvalue weighted by molar-refractivity contribution is 5.66. The Bertz CT molecular complexity index is 517. The molecule has 2 aromatic heterocycles. The third kappa shape index (κ3) is 2.86. The lowest BCUT2D eigenvalue weighted by Crippen LogP contribution is -2.06. The third-order valence-corrected chi connectivity index (χ3v) is 2.29. The van der Waals surface area contributed by atoms with Crippen LogP contribution in [0.1, 0.15) is 17.9 Å². The monoisotopic (exact) mass is 236 g/mol. The Morgan fingerprint density at radius 3 is 2.94 bits per heavy atom. The summed E-state index contributed by atoms with van der Waals surface area (Å²) in [6.45, 7) is 0.469. The molecule has 0 saturated heterocycles. The highest BCUT2D eigenvalue weighted by atomic mass is 16.4. The molecule has 0 saturated carbocycles. The average molecular weight is 236 g/mol. The SMILES string of the molecule is Cn1cnnc1Cn1cc(CCC(=O)O)nn1. The van der Waals surface area contributed by atoms with Crippen LogP contribution < -0.4 is 0 Å². The van der Waals surface area contributed by atoms with E-state index in [0.717, 1.165) is 5.82 Å². The second-order valence-corrected chi connectivity index (χ2v) is 3.66. The molecule has 0 radical (unpaired) electrons. The van der Waals surface area contributed by atoms with Crippen molar-refractivity contribution >= 4 is 5.97 Å². The van der Waals surface area contributed by atoms with Crippen LogP contribution in [0.15, 0.2) is 12.5 Å². The van der Waals surface area contributed by atoms with Crippen molar-refractivity contribution in [2.45, 2.75) is 19.4 Å². The van der Waals surface area contributed by atoms with Gasteiger partial charge in [-0.3, -0.25) is 4.79 Å². The molecule has 0 aliphatic heterocycles. The molecule has 90 valence electrons. The fourth-order valence-corrected chi connectivity index (χ4v) is 1.36. The van der Waals surface area contributed by atoms with Crippen LogP contribution in [0.2, 0.25) is 0 Å². The van der Waals surface area contributed by atoms with Crippen molar-refractivity contribution in [3.05, 3.63) is 24.0 Å². The summed E-state index contributed by atoms with van der Waals surface area (Å²) in [5.41, 5.74) is 0.662. The zero-order valence-corrected chi connectivity index (χ0v) is 9.31. The molecule has 17 heavy (non-hydrogen) atoms. The largest absolute Gasteiger partial charge is 0.481 e. The Morgan fingerprint density at radius 2 is 2.29 bits per heavy atom. The predicted octanol–water partition coefficient (Wildman–Crippen LogP) is -0.528. The Hall–Kier alpha value is -2.25. The second-order valence-electron chi connectivity index (χ2n) is 3.66. The fraction of sp³-hybridized carbons (Fsp3) is 0.444. The lowest BCUT2D eigenvalue weighted by molar-refractivity contribution is -0.136. The Kier molecular flexibility index (Phi) is 3.12. The van der Waals surface area contributed by atoms with E-state index in [1.54, 1.807) is 21.8 Å². The molecule has 0 unspecified atom stereocenters. The van der Waals surface area contributed by atoms with Gasteiger partial charge in [0.1, 0.15) is 12.9 Å². The number of carbonyl (C=O) groups is 1. The highest BCUT2D eigenvalue weighted by Crippen LogP contribution is 2.01. The Balaban J connectivity index is 1.99. The number of carboxylic acids is 1. The summed E-state index contributed by atoms with van der Waals surface area (Å²) in [6.07, 6.45) is 3.77. The van der Waals surface area contributed by atoms with Crippen molar-refractivity contribution in [2.75, 3.05) is 0 Å². The van der Waals surface area contributed by atoms with Gasteiger partial charge in [-0.2, -0.15) is 0 Å². The van der Waals surface area contributed by atoms with Gasteiger partial charge in [-0.15, -0.1) is 15.3 Å². The van der Waals surface area contributed by atoms with Gasteiger partial charge in [0.25, 0.3) is 0 Å². The minimum Gasteiger partial charge on any atom is -0.481 e. The molecule has 8 nitrogen and oxygen atoms in total. The van der Waals surface area contributed by atoms with Crippen LogP contribution in [-0.4, -0.2) is 40.8 Å². The lowest BCUT2D eigenvalue weighted by atomic mass is 10.2. The van der Waals surface area contributed by atoms with Crippen LogP contribution in [0.5, 0.6) is 0 Å². The molecule has 0 bridgehead atoms. The van der Waals surface area contributed by atoms with Crippen LogP contribution in [0.25, 0.3) is 0 Å². The highest BCUT2D eigenvalue weighted by Gasteiger charge is 2.06. The van der Waals surface area contributed by atoms with E-state index in [2.05, 4.69) is 20.5 Å². The standard InChI is InChI=1S/C9H12N6O2/c1-14-6-10-12-8(14)5-15-4-7(11-13-15)2-3-9(16)17/h4,6H,2-3,5H2,1H3,(H,16,17). The predicted molar refractivity (Wildman–Crippen MR) is 56.1 cm³/mol. The molecule has 0 fully saturated rings. The molecule has 1 N–H and O–H groups in total. The van der Waals surface area contributed by atoms with Gasteiger partial charge < -0.3 is 9.67 Å². The summed E-state index contributed by atoms with van der Waals surface area (Å²) in [4.78, 5) is 10.4. The Morgan fingerprint density at radius 1 is 1.47 bits per heavy atom. The van der Waals surface area contributed by atoms with Crippen LogP contribution in [0.3, 0.4) is 0 Å². The molecular weight excluding hydrogens is 224 g/mol. The van der Waals surface area contributed by atoms with Gasteiger partial charge in [0.05, 0.1) is 12.1 Å². The molecule has 2 rings (SSSR count). The summed E-state index contributed by atoms with van der Waals surface area (Å²) in [5, 5.41) is 24.0. The summed E-state index contributed by atoms with van der Waals surface area (Å²) in [7, 11) is 1.84. The minimum absolute atomic E-state index is 0.0582. The van der Waals surface area contributed by atoms with E-state index in [0.29, 0.717) is 18.7 Å². The average Bonchev–Trinajstić information content (AvgIpc) is 2.87. The fourth-order valence-electron chi connectivity index (χ4n) is 1.36. The molecule has 2 aromatic rings. The van der Waals surface area contributed by atoms with Gasteiger partial charge in [-0.25, -0.2) is 4.68 Å². The Labute approximate surface area is 96.9 Å². The molecule has 0 aliphatic rings. The maximum Gasteiger partial charge on any atom is 0.303 e. The number of aryl methyl sites for hydroxylation is 2. The maximum atomic E-state index is 10.4. The van der Waals surface area contributed by atoms with E-state index < -0.39 is 5.97 Å². The summed E-state index contributed by atoms with van der Waals surface area (Å²) in [5.74, 6) is -0.0764. The van der Waals surface area contributed by atoms with E-state index in [-0.39, 0.29) is 6.42 Å². The van der Waals surface area contributed by atoms with Crippen molar-refractivity contribution in [1.82, 2.24) is 29.8 Å². The van der Waals surface area contributed by atoms with E-state index in [1.165, 1.54) is 0 Å². The first kappa shape index (κ1) is 11.2. The van der Waals surface area contributed by atoms with E-state index in [1.807, 2.05) is 7.05 Å². The number of hydrogen-bond acceptors (Lipinski definition) is 5. The topological polar surface area (TPSA) is 98.7 Å². The molecule has 0 aliphatic carbocycles. The zero-order valence-electron chi connectivity index (χ0n) is 9.31. The van der Waals surface area contributed by atoms with Crippen molar-refractivity contribution in [2.24, 2.45) is 7.05 Å². The van der Waals surface area contributed by atoms with Crippen molar-refractivity contribution in [1.29, 1.82) is 0 Å². The first-order chi connectivity index (χ1) is 8.15. The van der Waals surface area contributed by atoms with E-state index in [4.69, 9.17) is 5.11 Å². The zero-order chi connectivity index (χ0) is 12.3. The summed E-state index contributed by atoms with van der Waals surface area (Å²) in [6, 6.07) is 0. The van der Waals surface area contributed by atoms with Crippen LogP contribution in [0, 0.1) is 0 Å². The lowest BCUT2D eigenvalue weighted by Gasteiger charge is -1.98. The van der Waals surface area contributed by atoms with Crippen molar-refractivity contribution < 1.29 is 9.90 Å². The van der Waals surface area contributed by atoms with Crippen LogP contribution in [0.4, 0.5) is 0 Å². The van der Waals surface area contributed by atoms with Gasteiger partial charge in [0.2, 0.25) is 0 Å². The number of aliphatic carboxylic acids is 1. The molecule has 0 atom stereocenters. The summed E-state index contributed by atoms with van der Waals surface area (Å²) >= 11 is 0. The quantitative estimate of drug-likeness (QED) is 0.749. The number of hydrogen-bond donors (Lipinski definition) is 1. The molecule has 2 heterocycles. The van der Waals surface area contributed by atoms with Crippen molar-refractivity contribution in [3.63, 3.8) is 0 Å². The third-order valence-electron chi connectivity index (χ3n) is 2.29. The van der Waals surface area contributed by atoms with Crippen LogP contribution >= 0.6 is 0 Å². The molecule has 8 heteroatoms.